The predicted molar refractivity (Wildman–Crippen MR) is 77.7 cm³/mol. The van der Waals surface area contributed by atoms with Crippen LogP contribution in [-0.2, 0) is 16.0 Å². The normalized spacial score (nSPS) is 11.6. The van der Waals surface area contributed by atoms with Crippen LogP contribution in [0.5, 0.6) is 11.5 Å². The summed E-state index contributed by atoms with van der Waals surface area (Å²) in [5.41, 5.74) is 0.802. The van der Waals surface area contributed by atoms with Crippen molar-refractivity contribution in [3.63, 3.8) is 0 Å². The molecule has 0 fully saturated rings. The molecule has 1 amide bonds. The molecule has 0 spiro atoms. The van der Waals surface area contributed by atoms with E-state index in [2.05, 4.69) is 5.32 Å². The maximum atomic E-state index is 11.8. The first-order chi connectivity index (χ1) is 9.97. The Morgan fingerprint density at radius 1 is 1.24 bits per heavy atom. The average molecular weight is 295 g/mol. The molecule has 0 saturated heterocycles. The van der Waals surface area contributed by atoms with E-state index in [4.69, 9.17) is 14.6 Å². The SMILES string of the molecule is COc1ccc(CC(=O)NCCC(C)C(=O)O)cc1OC. The minimum atomic E-state index is -0.857. The molecule has 6 nitrogen and oxygen atoms in total. The molecular formula is C15H21NO5. The number of nitrogens with one attached hydrogen (secondary N) is 1. The fourth-order valence-corrected chi connectivity index (χ4v) is 1.79. The molecule has 1 unspecified atom stereocenters. The van der Waals surface area contributed by atoms with Gasteiger partial charge in [-0.05, 0) is 24.1 Å². The van der Waals surface area contributed by atoms with Gasteiger partial charge in [-0.1, -0.05) is 13.0 Å². The Kier molecular flexibility index (Phi) is 6.52. The average Bonchev–Trinajstić information content (AvgIpc) is 2.46. The summed E-state index contributed by atoms with van der Waals surface area (Å²) < 4.78 is 10.3. The zero-order valence-electron chi connectivity index (χ0n) is 12.5. The lowest BCUT2D eigenvalue weighted by Crippen LogP contribution is -2.28. The van der Waals surface area contributed by atoms with Gasteiger partial charge in [-0.15, -0.1) is 0 Å². The Hall–Kier alpha value is -2.24. The highest BCUT2D eigenvalue weighted by atomic mass is 16.5. The molecule has 0 heterocycles. The second-order valence-electron chi connectivity index (χ2n) is 4.74. The van der Waals surface area contributed by atoms with Crippen LogP contribution in [0.25, 0.3) is 0 Å². The molecule has 0 saturated carbocycles. The lowest BCUT2D eigenvalue weighted by Gasteiger charge is -2.10. The van der Waals surface area contributed by atoms with E-state index in [0.717, 1.165) is 5.56 Å². The summed E-state index contributed by atoms with van der Waals surface area (Å²) in [6.45, 7) is 1.96. The van der Waals surface area contributed by atoms with Crippen LogP contribution in [0.4, 0.5) is 0 Å². The first kappa shape index (κ1) is 16.8. The van der Waals surface area contributed by atoms with Gasteiger partial charge in [0.05, 0.1) is 26.6 Å². The molecule has 1 atom stereocenters. The van der Waals surface area contributed by atoms with Crippen LogP contribution in [0.3, 0.4) is 0 Å². The van der Waals surface area contributed by atoms with Crippen LogP contribution in [0.2, 0.25) is 0 Å². The number of carboxylic acid groups (broad SMARTS) is 1. The van der Waals surface area contributed by atoms with Crippen molar-refractivity contribution in [2.45, 2.75) is 19.8 Å². The maximum absolute atomic E-state index is 11.8. The molecular weight excluding hydrogens is 274 g/mol. The molecule has 6 heteroatoms. The third-order valence-corrected chi connectivity index (χ3v) is 3.13. The quantitative estimate of drug-likeness (QED) is 0.758. The van der Waals surface area contributed by atoms with Crippen LogP contribution >= 0.6 is 0 Å². The third kappa shape index (κ3) is 5.33. The minimum absolute atomic E-state index is 0.153. The Balaban J connectivity index is 2.49. The highest BCUT2D eigenvalue weighted by molar-refractivity contribution is 5.78. The van der Waals surface area contributed by atoms with E-state index in [1.54, 1.807) is 32.2 Å². The summed E-state index contributed by atoms with van der Waals surface area (Å²) in [5, 5.41) is 11.5. The standard InChI is InChI=1S/C15H21NO5/c1-10(15(18)19)6-7-16-14(17)9-11-4-5-12(20-2)13(8-11)21-3/h4-5,8,10H,6-7,9H2,1-3H3,(H,16,17)(H,18,19). The Morgan fingerprint density at radius 3 is 2.48 bits per heavy atom. The molecule has 1 aromatic rings. The molecule has 0 radical (unpaired) electrons. The van der Waals surface area contributed by atoms with Crippen molar-refractivity contribution in [1.29, 1.82) is 0 Å². The number of benzene rings is 1. The van der Waals surface area contributed by atoms with Gasteiger partial charge in [0.2, 0.25) is 5.91 Å². The van der Waals surface area contributed by atoms with Gasteiger partial charge >= 0.3 is 5.97 Å². The van der Waals surface area contributed by atoms with E-state index >= 15 is 0 Å². The summed E-state index contributed by atoms with van der Waals surface area (Å²) in [5.74, 6) is -0.297. The fraction of sp³-hybridized carbons (Fsp3) is 0.467. The molecule has 0 aliphatic rings. The molecule has 0 aromatic heterocycles. The number of hydrogen-bond donors (Lipinski definition) is 2. The zero-order valence-corrected chi connectivity index (χ0v) is 12.5. The molecule has 1 rings (SSSR count). The van der Waals surface area contributed by atoms with E-state index in [9.17, 15) is 9.59 Å². The Labute approximate surface area is 124 Å². The second-order valence-corrected chi connectivity index (χ2v) is 4.74. The van der Waals surface area contributed by atoms with Crippen molar-refractivity contribution in [2.24, 2.45) is 5.92 Å². The number of amides is 1. The summed E-state index contributed by atoms with van der Waals surface area (Å²) in [4.78, 5) is 22.4. The van der Waals surface area contributed by atoms with E-state index in [-0.39, 0.29) is 12.3 Å². The van der Waals surface area contributed by atoms with E-state index in [1.165, 1.54) is 7.11 Å². The summed E-state index contributed by atoms with van der Waals surface area (Å²) in [6, 6.07) is 5.28. The van der Waals surface area contributed by atoms with Gasteiger partial charge in [-0.25, -0.2) is 0 Å². The minimum Gasteiger partial charge on any atom is -0.493 e. The van der Waals surface area contributed by atoms with E-state index in [1.807, 2.05) is 0 Å². The molecule has 116 valence electrons. The monoisotopic (exact) mass is 295 g/mol. The fourth-order valence-electron chi connectivity index (χ4n) is 1.79. The highest BCUT2D eigenvalue weighted by Gasteiger charge is 2.12. The summed E-state index contributed by atoms with van der Waals surface area (Å²) >= 11 is 0. The zero-order chi connectivity index (χ0) is 15.8. The van der Waals surface area contributed by atoms with Crippen molar-refractivity contribution >= 4 is 11.9 Å². The summed E-state index contributed by atoms with van der Waals surface area (Å²) in [6.07, 6.45) is 0.620. The number of ether oxygens (including phenoxy) is 2. The van der Waals surface area contributed by atoms with Crippen molar-refractivity contribution in [3.8, 4) is 11.5 Å². The van der Waals surface area contributed by atoms with Crippen molar-refractivity contribution in [1.82, 2.24) is 5.32 Å². The van der Waals surface area contributed by atoms with Crippen LogP contribution in [0.1, 0.15) is 18.9 Å². The summed E-state index contributed by atoms with van der Waals surface area (Å²) in [7, 11) is 3.09. The molecule has 0 aliphatic heterocycles. The number of carboxylic acids is 1. The predicted octanol–water partition coefficient (Wildman–Crippen LogP) is 1.47. The molecule has 21 heavy (non-hydrogen) atoms. The first-order valence-corrected chi connectivity index (χ1v) is 6.68. The Bertz CT molecular complexity index is 501. The molecule has 0 bridgehead atoms. The van der Waals surface area contributed by atoms with Gasteiger partial charge in [0.1, 0.15) is 0 Å². The second kappa shape index (κ2) is 8.14. The van der Waals surface area contributed by atoms with Crippen molar-refractivity contribution in [2.75, 3.05) is 20.8 Å². The molecule has 2 N–H and O–H groups in total. The lowest BCUT2D eigenvalue weighted by atomic mass is 10.1. The van der Waals surface area contributed by atoms with Gasteiger partial charge in [0.25, 0.3) is 0 Å². The number of rotatable bonds is 8. The third-order valence-electron chi connectivity index (χ3n) is 3.13. The Morgan fingerprint density at radius 2 is 1.90 bits per heavy atom. The number of carbonyl (C=O) groups excluding carboxylic acids is 1. The van der Waals surface area contributed by atoms with Crippen LogP contribution in [-0.4, -0.2) is 37.7 Å². The van der Waals surface area contributed by atoms with Crippen LogP contribution in [0, 0.1) is 5.92 Å². The smallest absolute Gasteiger partial charge is 0.306 e. The first-order valence-electron chi connectivity index (χ1n) is 6.68. The van der Waals surface area contributed by atoms with Crippen molar-refractivity contribution in [3.05, 3.63) is 23.8 Å². The van der Waals surface area contributed by atoms with Gasteiger partial charge in [-0.2, -0.15) is 0 Å². The lowest BCUT2D eigenvalue weighted by molar-refractivity contribution is -0.141. The van der Waals surface area contributed by atoms with Gasteiger partial charge < -0.3 is 19.9 Å². The number of aliphatic carboxylic acids is 1. The van der Waals surface area contributed by atoms with Gasteiger partial charge in [0, 0.05) is 6.54 Å². The van der Waals surface area contributed by atoms with Crippen LogP contribution < -0.4 is 14.8 Å². The highest BCUT2D eigenvalue weighted by Crippen LogP contribution is 2.27. The van der Waals surface area contributed by atoms with Gasteiger partial charge in [0.15, 0.2) is 11.5 Å². The number of methoxy groups -OCH3 is 2. The van der Waals surface area contributed by atoms with Gasteiger partial charge in [-0.3, -0.25) is 9.59 Å². The number of hydrogen-bond acceptors (Lipinski definition) is 4. The number of carbonyl (C=O) groups is 2. The molecule has 0 aliphatic carbocycles. The largest absolute Gasteiger partial charge is 0.493 e. The van der Waals surface area contributed by atoms with E-state index < -0.39 is 11.9 Å². The van der Waals surface area contributed by atoms with Crippen LogP contribution in [0.15, 0.2) is 18.2 Å². The topological polar surface area (TPSA) is 84.9 Å². The van der Waals surface area contributed by atoms with Crippen molar-refractivity contribution < 1.29 is 24.2 Å². The van der Waals surface area contributed by atoms with E-state index in [0.29, 0.717) is 24.5 Å². The molecule has 1 aromatic carbocycles. The maximum Gasteiger partial charge on any atom is 0.306 e.